The van der Waals surface area contributed by atoms with Crippen LogP contribution in [0.5, 0.6) is 0 Å². The Morgan fingerprint density at radius 1 is 1.50 bits per heavy atom. The predicted octanol–water partition coefficient (Wildman–Crippen LogP) is -0.975. The number of hydrogen-bond donors (Lipinski definition) is 0. The summed E-state index contributed by atoms with van der Waals surface area (Å²) in [5.41, 5.74) is 0. The predicted molar refractivity (Wildman–Crippen MR) is 39.7 cm³/mol. The highest BCUT2D eigenvalue weighted by atomic mass is 79.9. The van der Waals surface area contributed by atoms with E-state index in [9.17, 15) is 0 Å². The van der Waals surface area contributed by atoms with Crippen molar-refractivity contribution in [3.05, 3.63) is 0 Å². The molecule has 0 aliphatic rings. The largest absolute Gasteiger partial charge is 0.336 e. The third kappa shape index (κ3) is 4.87. The summed E-state index contributed by atoms with van der Waals surface area (Å²) in [5, 5.41) is 0. The van der Waals surface area contributed by atoms with Crippen LogP contribution in [0.25, 0.3) is 0 Å². The molecule has 0 aliphatic heterocycles. The van der Waals surface area contributed by atoms with Gasteiger partial charge in [-0.3, -0.25) is 0 Å². The van der Waals surface area contributed by atoms with E-state index in [0.717, 1.165) is 0 Å². The highest BCUT2D eigenvalue weighted by Crippen LogP contribution is 1.71. The summed E-state index contributed by atoms with van der Waals surface area (Å²) in [6.07, 6.45) is 0. The van der Waals surface area contributed by atoms with Crippen molar-refractivity contribution in [3.63, 3.8) is 0 Å². The molecule has 0 aromatic rings. The molecule has 0 unspecified atom stereocenters. The van der Waals surface area contributed by atoms with E-state index in [2.05, 4.69) is 34.0 Å². The van der Waals surface area contributed by atoms with Crippen LogP contribution in [0.4, 0.5) is 0 Å². The lowest BCUT2D eigenvalue weighted by Gasteiger charge is -2.01. The minimum atomic E-state index is 0.244. The average molecular weight is 184 g/mol. The van der Waals surface area contributed by atoms with Gasteiger partial charge in [0.15, 0.2) is 0 Å². The molecule has 4 heteroatoms. The minimum Gasteiger partial charge on any atom is -0.336 e. The molecule has 0 rings (SSSR count). The molecule has 0 saturated carbocycles. The summed E-state index contributed by atoms with van der Waals surface area (Å²) in [4.78, 5) is 0. The van der Waals surface area contributed by atoms with Crippen LogP contribution in [0.2, 0.25) is 0 Å². The Bertz CT molecular complexity index is 32.7. The summed E-state index contributed by atoms with van der Waals surface area (Å²) in [6, 6.07) is 0. The Balaban J connectivity index is 2.63. The fraction of sp³-hybridized carbons (Fsp3) is 1.00. The first-order valence-electron chi connectivity index (χ1n) is 1.98. The number of halogens is 1. The zero-order valence-corrected chi connectivity index (χ0v) is 8.65. The van der Waals surface area contributed by atoms with E-state index < -0.39 is 0 Å². The maximum atomic E-state index is 3.51. The summed E-state index contributed by atoms with van der Waals surface area (Å²) < 4.78 is 2.33. The monoisotopic (exact) mass is 183 g/mol. The second kappa shape index (κ2) is 4.04. The molecular weight excluding hydrogens is 174 g/mol. The first-order valence-corrected chi connectivity index (χ1v) is 10.5. The van der Waals surface area contributed by atoms with Crippen LogP contribution in [0, 0.1) is 0 Å². The first-order chi connectivity index (χ1) is 2.77. The lowest BCUT2D eigenvalue weighted by atomic mass is 11.3. The molecule has 0 radical (unpaired) electrons. The van der Waals surface area contributed by atoms with Crippen LogP contribution in [0.1, 0.15) is 0 Å². The SMILES string of the molecule is CN(C)[SiH2][SiH2]Br. The fourth-order valence-electron chi connectivity index (χ4n) is 0.169. The molecule has 6 heavy (non-hydrogen) atoms. The first kappa shape index (κ1) is 6.87. The van der Waals surface area contributed by atoms with Crippen molar-refractivity contribution in [1.82, 2.24) is 4.57 Å². The molecule has 0 saturated heterocycles. The van der Waals surface area contributed by atoms with Crippen molar-refractivity contribution < 1.29 is 0 Å². The van der Waals surface area contributed by atoms with Crippen molar-refractivity contribution in [3.8, 4) is 0 Å². The van der Waals surface area contributed by atoms with Gasteiger partial charge in [-0.1, -0.05) is 0 Å². The van der Waals surface area contributed by atoms with Crippen LogP contribution in [0.3, 0.4) is 0 Å². The van der Waals surface area contributed by atoms with Gasteiger partial charge in [-0.25, -0.2) is 0 Å². The molecule has 0 amide bonds. The highest BCUT2D eigenvalue weighted by molar-refractivity contribution is 9.24. The molecule has 0 atom stereocenters. The van der Waals surface area contributed by atoms with Crippen molar-refractivity contribution in [1.29, 1.82) is 0 Å². The Labute approximate surface area is 51.2 Å². The Hall–Kier alpha value is 0.874. The summed E-state index contributed by atoms with van der Waals surface area (Å²) >= 11 is 3.51. The molecule has 38 valence electrons. The lowest BCUT2D eigenvalue weighted by molar-refractivity contribution is 0.673. The third-order valence-corrected chi connectivity index (χ3v) is 7.98. The van der Waals surface area contributed by atoms with Crippen LogP contribution in [-0.4, -0.2) is 35.5 Å². The van der Waals surface area contributed by atoms with Gasteiger partial charge >= 0.3 is 0 Å². The topological polar surface area (TPSA) is 3.24 Å². The van der Waals surface area contributed by atoms with E-state index in [1.54, 1.807) is 0 Å². The van der Waals surface area contributed by atoms with Gasteiger partial charge in [-0.2, -0.15) is 0 Å². The maximum Gasteiger partial charge on any atom is 0.102 e. The van der Waals surface area contributed by atoms with Gasteiger partial charge in [-0.15, -0.1) is 15.3 Å². The van der Waals surface area contributed by atoms with Gasteiger partial charge in [-0.05, 0) is 14.1 Å². The molecule has 0 bridgehead atoms. The average Bonchev–Trinajstić information content (AvgIpc) is 1.35. The summed E-state index contributed by atoms with van der Waals surface area (Å²) in [6.45, 7) is 0. The van der Waals surface area contributed by atoms with Crippen molar-refractivity contribution >= 4 is 32.1 Å². The highest BCUT2D eigenvalue weighted by Gasteiger charge is 1.83. The molecule has 0 heterocycles. The zero-order valence-electron chi connectivity index (χ0n) is 4.24. The molecule has 0 spiro atoms. The minimum absolute atomic E-state index is 0.244. The van der Waals surface area contributed by atoms with Gasteiger partial charge in [0.1, 0.15) is 7.66 Å². The quantitative estimate of drug-likeness (QED) is 0.394. The molecular formula is C2H10BrNSi2. The van der Waals surface area contributed by atoms with Crippen molar-refractivity contribution in [2.24, 2.45) is 0 Å². The van der Waals surface area contributed by atoms with Crippen molar-refractivity contribution in [2.75, 3.05) is 14.1 Å². The van der Waals surface area contributed by atoms with E-state index in [4.69, 9.17) is 0 Å². The standard InChI is InChI=1S/C2H10BrNSi2/c1-4(2)6-5-3/h5-6H2,1-2H3. The Morgan fingerprint density at radius 2 is 2.00 bits per heavy atom. The molecule has 0 aromatic carbocycles. The van der Waals surface area contributed by atoms with Gasteiger partial charge in [0.2, 0.25) is 0 Å². The molecule has 1 nitrogen and oxygen atoms in total. The Kier molecular flexibility index (Phi) is 4.63. The summed E-state index contributed by atoms with van der Waals surface area (Å²) in [5.74, 6) is 0. The fourth-order valence-corrected chi connectivity index (χ4v) is 7.90. The van der Waals surface area contributed by atoms with E-state index in [-0.39, 0.29) is 16.9 Å². The summed E-state index contributed by atoms with van der Waals surface area (Å²) in [7, 11) is 4.80. The van der Waals surface area contributed by atoms with Crippen LogP contribution in [-0.2, 0) is 0 Å². The van der Waals surface area contributed by atoms with Crippen LogP contribution in [0.15, 0.2) is 0 Å². The normalized spacial score (nSPS) is 14.0. The van der Waals surface area contributed by atoms with Gasteiger partial charge in [0.25, 0.3) is 0 Å². The molecule has 0 aliphatic carbocycles. The van der Waals surface area contributed by atoms with E-state index in [0.29, 0.717) is 0 Å². The van der Waals surface area contributed by atoms with E-state index in [1.165, 1.54) is 0 Å². The molecule has 0 N–H and O–H groups in total. The lowest BCUT2D eigenvalue weighted by Crippen LogP contribution is -2.20. The molecule has 0 fully saturated rings. The van der Waals surface area contributed by atoms with E-state index >= 15 is 0 Å². The number of rotatable bonds is 2. The molecule has 0 aromatic heterocycles. The second-order valence-corrected chi connectivity index (χ2v) is 13.2. The number of hydrogen-bond acceptors (Lipinski definition) is 1. The van der Waals surface area contributed by atoms with E-state index in [1.807, 2.05) is 0 Å². The smallest absolute Gasteiger partial charge is 0.102 e. The van der Waals surface area contributed by atoms with Crippen molar-refractivity contribution in [2.45, 2.75) is 0 Å². The van der Waals surface area contributed by atoms with Gasteiger partial charge in [0.05, 0.1) is 9.20 Å². The Morgan fingerprint density at radius 3 is 2.00 bits per heavy atom. The van der Waals surface area contributed by atoms with Crippen LogP contribution >= 0.6 is 15.3 Å². The van der Waals surface area contributed by atoms with Crippen LogP contribution < -0.4 is 0 Å². The maximum absolute atomic E-state index is 3.51. The number of nitrogens with zero attached hydrogens (tertiary/aromatic N) is 1. The van der Waals surface area contributed by atoms with Gasteiger partial charge < -0.3 is 4.57 Å². The third-order valence-electron chi connectivity index (χ3n) is 0.532. The van der Waals surface area contributed by atoms with Gasteiger partial charge in [0, 0.05) is 0 Å². The second-order valence-electron chi connectivity index (χ2n) is 1.49. The zero-order chi connectivity index (χ0) is 4.99.